The SMILES string of the molecule is CCC(Oc1cc(C)c(CCN[C@@H](C)[C@@H](O)c2ccc(O)cc2)cc1C)C(=O)O.Cl. The number of rotatable bonds is 10. The Labute approximate surface area is 184 Å². The number of carboxylic acids is 1. The lowest BCUT2D eigenvalue weighted by atomic mass is 10.0. The lowest BCUT2D eigenvalue weighted by Gasteiger charge is -2.21. The first-order valence-electron chi connectivity index (χ1n) is 9.92. The molecule has 0 amide bonds. The van der Waals surface area contributed by atoms with Crippen molar-refractivity contribution in [1.29, 1.82) is 0 Å². The van der Waals surface area contributed by atoms with Gasteiger partial charge in [0.05, 0.1) is 6.10 Å². The van der Waals surface area contributed by atoms with E-state index in [2.05, 4.69) is 5.32 Å². The lowest BCUT2D eigenvalue weighted by molar-refractivity contribution is -0.145. The molecular weight excluding hydrogens is 406 g/mol. The van der Waals surface area contributed by atoms with Gasteiger partial charge in [-0.15, -0.1) is 12.4 Å². The third kappa shape index (κ3) is 6.90. The van der Waals surface area contributed by atoms with Gasteiger partial charge in [-0.3, -0.25) is 0 Å². The number of aliphatic carboxylic acids is 1. The molecule has 2 aromatic rings. The van der Waals surface area contributed by atoms with E-state index < -0.39 is 18.2 Å². The fraction of sp³-hybridized carbons (Fsp3) is 0.435. The molecule has 4 N–H and O–H groups in total. The van der Waals surface area contributed by atoms with Crippen LogP contribution in [-0.2, 0) is 11.2 Å². The van der Waals surface area contributed by atoms with E-state index in [1.54, 1.807) is 31.2 Å². The summed E-state index contributed by atoms with van der Waals surface area (Å²) in [6.45, 7) is 8.29. The van der Waals surface area contributed by atoms with Gasteiger partial charge in [-0.25, -0.2) is 4.79 Å². The number of aromatic hydroxyl groups is 1. The second kappa shape index (κ2) is 11.8. The Hall–Kier alpha value is -2.28. The molecule has 0 spiro atoms. The Bertz CT molecular complexity index is 825. The summed E-state index contributed by atoms with van der Waals surface area (Å²) in [6, 6.07) is 10.3. The van der Waals surface area contributed by atoms with Gasteiger partial charge >= 0.3 is 5.97 Å². The fourth-order valence-electron chi connectivity index (χ4n) is 3.21. The Balaban J connectivity index is 0.00000450. The summed E-state index contributed by atoms with van der Waals surface area (Å²) < 4.78 is 5.66. The van der Waals surface area contributed by atoms with Gasteiger partial charge < -0.3 is 25.4 Å². The van der Waals surface area contributed by atoms with E-state index in [9.17, 15) is 20.1 Å². The van der Waals surface area contributed by atoms with E-state index in [1.165, 1.54) is 0 Å². The van der Waals surface area contributed by atoms with Gasteiger partial charge in [0.2, 0.25) is 0 Å². The molecule has 30 heavy (non-hydrogen) atoms. The molecule has 7 heteroatoms. The van der Waals surface area contributed by atoms with Crippen molar-refractivity contribution in [2.24, 2.45) is 0 Å². The van der Waals surface area contributed by atoms with Crippen LogP contribution in [0.15, 0.2) is 36.4 Å². The molecule has 0 aliphatic heterocycles. The van der Waals surface area contributed by atoms with Crippen LogP contribution < -0.4 is 10.1 Å². The van der Waals surface area contributed by atoms with Gasteiger partial charge in [-0.2, -0.15) is 0 Å². The number of halogens is 1. The summed E-state index contributed by atoms with van der Waals surface area (Å²) in [6.07, 6.45) is -0.338. The molecule has 0 radical (unpaired) electrons. The molecule has 166 valence electrons. The standard InChI is InChI=1S/C23H31NO5.ClH/c1-5-20(23(27)28)29-21-13-14(2)18(12-15(21)3)10-11-24-16(4)22(26)17-6-8-19(25)9-7-17;/h6-9,12-13,16,20,22,24-26H,5,10-11H2,1-4H3,(H,27,28);1H/t16-,20?,22+;/m0./s1. The number of aryl methyl sites for hydroxylation is 2. The minimum Gasteiger partial charge on any atom is -0.508 e. The van der Waals surface area contributed by atoms with E-state index in [0.29, 0.717) is 18.7 Å². The molecule has 0 heterocycles. The minimum absolute atomic E-state index is 0. The predicted molar refractivity (Wildman–Crippen MR) is 120 cm³/mol. The molecule has 6 nitrogen and oxygen atoms in total. The Kier molecular flexibility index (Phi) is 10.1. The molecule has 0 saturated heterocycles. The lowest BCUT2D eigenvalue weighted by Crippen LogP contribution is -2.33. The molecule has 0 aliphatic rings. The molecule has 0 aliphatic carbocycles. The van der Waals surface area contributed by atoms with E-state index in [0.717, 1.165) is 28.7 Å². The number of benzene rings is 2. The van der Waals surface area contributed by atoms with Gasteiger partial charge in [0.1, 0.15) is 11.5 Å². The summed E-state index contributed by atoms with van der Waals surface area (Å²) >= 11 is 0. The molecule has 1 unspecified atom stereocenters. The van der Waals surface area contributed by atoms with E-state index in [-0.39, 0.29) is 24.2 Å². The second-order valence-electron chi connectivity index (χ2n) is 7.43. The monoisotopic (exact) mass is 437 g/mol. The number of aliphatic hydroxyl groups is 1. The summed E-state index contributed by atoms with van der Waals surface area (Å²) in [4.78, 5) is 11.2. The highest BCUT2D eigenvalue weighted by atomic mass is 35.5. The predicted octanol–water partition coefficient (Wildman–Crippen LogP) is 3.93. The summed E-state index contributed by atoms with van der Waals surface area (Å²) in [5.41, 5.74) is 3.85. The largest absolute Gasteiger partial charge is 0.508 e. The van der Waals surface area contributed by atoms with E-state index in [1.807, 2.05) is 32.9 Å². The quantitative estimate of drug-likeness (QED) is 0.449. The molecule has 2 aromatic carbocycles. The van der Waals surface area contributed by atoms with Crippen molar-refractivity contribution in [2.75, 3.05) is 6.54 Å². The Morgan fingerprint density at radius 2 is 1.77 bits per heavy atom. The van der Waals surface area contributed by atoms with Crippen LogP contribution in [0.25, 0.3) is 0 Å². The number of hydrogen-bond acceptors (Lipinski definition) is 5. The van der Waals surface area contributed by atoms with Crippen LogP contribution in [0.4, 0.5) is 0 Å². The average molecular weight is 438 g/mol. The van der Waals surface area contributed by atoms with Crippen LogP contribution in [-0.4, -0.2) is 40.0 Å². The number of phenolic OH excluding ortho intramolecular Hbond substituents is 1. The van der Waals surface area contributed by atoms with Crippen LogP contribution in [0.3, 0.4) is 0 Å². The smallest absolute Gasteiger partial charge is 0.344 e. The van der Waals surface area contributed by atoms with Crippen molar-refractivity contribution in [3.05, 3.63) is 58.7 Å². The highest BCUT2D eigenvalue weighted by Gasteiger charge is 2.19. The van der Waals surface area contributed by atoms with Crippen molar-refractivity contribution in [3.63, 3.8) is 0 Å². The first-order valence-corrected chi connectivity index (χ1v) is 9.92. The third-order valence-electron chi connectivity index (χ3n) is 5.12. The minimum atomic E-state index is -0.959. The molecule has 0 saturated carbocycles. The average Bonchev–Trinajstić information content (AvgIpc) is 2.68. The maximum atomic E-state index is 11.2. The first-order chi connectivity index (χ1) is 13.7. The number of phenols is 1. The Morgan fingerprint density at radius 1 is 1.13 bits per heavy atom. The van der Waals surface area contributed by atoms with E-state index >= 15 is 0 Å². The first kappa shape index (κ1) is 25.8. The van der Waals surface area contributed by atoms with Crippen molar-refractivity contribution < 1.29 is 24.9 Å². The normalized spacial score (nSPS) is 13.8. The summed E-state index contributed by atoms with van der Waals surface area (Å²) in [5, 5.41) is 32.4. The van der Waals surface area contributed by atoms with Crippen LogP contribution in [0.1, 0.15) is 48.6 Å². The number of ether oxygens (including phenoxy) is 1. The topological polar surface area (TPSA) is 99.0 Å². The van der Waals surface area contributed by atoms with Gasteiger partial charge in [0, 0.05) is 6.04 Å². The molecule has 2 rings (SSSR count). The number of aliphatic hydroxyl groups excluding tert-OH is 1. The number of hydrogen-bond donors (Lipinski definition) is 4. The number of nitrogens with one attached hydrogen (secondary N) is 1. The van der Waals surface area contributed by atoms with Crippen molar-refractivity contribution in [1.82, 2.24) is 5.32 Å². The van der Waals surface area contributed by atoms with Gasteiger partial charge in [-0.1, -0.05) is 25.1 Å². The molecule has 0 aromatic heterocycles. The Morgan fingerprint density at radius 3 is 2.33 bits per heavy atom. The summed E-state index contributed by atoms with van der Waals surface area (Å²) in [7, 11) is 0. The van der Waals surface area contributed by atoms with Crippen LogP contribution in [0.5, 0.6) is 11.5 Å². The third-order valence-corrected chi connectivity index (χ3v) is 5.12. The van der Waals surface area contributed by atoms with Crippen molar-refractivity contribution in [3.8, 4) is 11.5 Å². The molecule has 0 bridgehead atoms. The van der Waals surface area contributed by atoms with Crippen molar-refractivity contribution in [2.45, 2.75) is 58.8 Å². The van der Waals surface area contributed by atoms with Crippen molar-refractivity contribution >= 4 is 18.4 Å². The van der Waals surface area contributed by atoms with Crippen LogP contribution >= 0.6 is 12.4 Å². The number of carboxylic acid groups (broad SMARTS) is 1. The molecular formula is C23H32ClNO5. The molecule has 3 atom stereocenters. The second-order valence-corrected chi connectivity index (χ2v) is 7.43. The zero-order valence-electron chi connectivity index (χ0n) is 17.9. The van der Waals surface area contributed by atoms with Gasteiger partial charge in [0.25, 0.3) is 0 Å². The number of carbonyl (C=O) groups is 1. The fourth-order valence-corrected chi connectivity index (χ4v) is 3.21. The highest BCUT2D eigenvalue weighted by Crippen LogP contribution is 2.25. The van der Waals surface area contributed by atoms with E-state index in [4.69, 9.17) is 4.74 Å². The van der Waals surface area contributed by atoms with Gasteiger partial charge in [-0.05, 0) is 80.6 Å². The zero-order valence-corrected chi connectivity index (χ0v) is 18.7. The maximum absolute atomic E-state index is 11.2. The van der Waals surface area contributed by atoms with Gasteiger partial charge in [0.15, 0.2) is 6.10 Å². The van der Waals surface area contributed by atoms with Crippen LogP contribution in [0.2, 0.25) is 0 Å². The zero-order chi connectivity index (χ0) is 21.6. The van der Waals surface area contributed by atoms with Crippen LogP contribution in [0, 0.1) is 13.8 Å². The summed E-state index contributed by atoms with van der Waals surface area (Å²) in [5.74, 6) is -0.183. The highest BCUT2D eigenvalue weighted by molar-refractivity contribution is 5.85. The molecule has 0 fully saturated rings. The maximum Gasteiger partial charge on any atom is 0.344 e.